The number of hydrogen-bond acceptors (Lipinski definition) is 3. The summed E-state index contributed by atoms with van der Waals surface area (Å²) >= 11 is 0. The van der Waals surface area contributed by atoms with Gasteiger partial charge >= 0.3 is 5.88 Å². The normalized spacial score (nSPS) is 11.4. The van der Waals surface area contributed by atoms with E-state index in [0.717, 1.165) is 6.08 Å². The number of aliphatic hydroxyl groups is 1. The van der Waals surface area contributed by atoms with E-state index in [1.165, 1.54) is 0 Å². The van der Waals surface area contributed by atoms with Crippen LogP contribution < -0.4 is 0 Å². The van der Waals surface area contributed by atoms with Crippen molar-refractivity contribution < 1.29 is 10.0 Å². The van der Waals surface area contributed by atoms with Gasteiger partial charge in [0.15, 0.2) is 0 Å². The molecule has 0 spiro atoms. The number of allylic oxidation sites excluding steroid dienone is 1. The van der Waals surface area contributed by atoms with E-state index in [1.54, 1.807) is 6.92 Å². The molecule has 0 aliphatic carbocycles. The van der Waals surface area contributed by atoms with Gasteiger partial charge in [-0.3, -0.25) is 10.1 Å². The molecule has 0 atom stereocenters. The predicted molar refractivity (Wildman–Crippen MR) is 28.0 cm³/mol. The van der Waals surface area contributed by atoms with Crippen LogP contribution >= 0.6 is 0 Å². The van der Waals surface area contributed by atoms with Gasteiger partial charge in [-0.2, -0.15) is 0 Å². The Morgan fingerprint density at radius 3 is 2.62 bits per heavy atom. The predicted octanol–water partition coefficient (Wildman–Crippen LogP) is 1.07. The van der Waals surface area contributed by atoms with Crippen LogP contribution in [-0.4, -0.2) is 10.0 Å². The number of hydrogen-bond donors (Lipinski definition) is 1. The fraction of sp³-hybridized carbons (Fsp3) is 0.500. The molecule has 46 valence electrons. The molecule has 1 N–H and O–H groups in total. The van der Waals surface area contributed by atoms with Gasteiger partial charge in [0, 0.05) is 6.08 Å². The molecule has 4 nitrogen and oxygen atoms in total. The first-order valence-corrected chi connectivity index (χ1v) is 2.22. The highest BCUT2D eigenvalue weighted by Gasteiger charge is 2.01. The fourth-order valence-electron chi connectivity index (χ4n) is 0.257. The lowest BCUT2D eigenvalue weighted by atomic mass is 10.5. The summed E-state index contributed by atoms with van der Waals surface area (Å²) in [5.41, 5.74) is 0. The molecule has 8 heavy (non-hydrogen) atoms. The number of nitrogens with zero attached hydrogens (tertiary/aromatic N) is 1. The van der Waals surface area contributed by atoms with Gasteiger partial charge in [-0.1, -0.05) is 6.92 Å². The molecule has 0 saturated heterocycles. The third-order valence-corrected chi connectivity index (χ3v) is 0.574. The van der Waals surface area contributed by atoms with Crippen molar-refractivity contribution in [2.24, 2.45) is 0 Å². The van der Waals surface area contributed by atoms with Crippen molar-refractivity contribution in [1.29, 1.82) is 0 Å². The molecule has 0 aliphatic rings. The van der Waals surface area contributed by atoms with Crippen LogP contribution in [0.1, 0.15) is 13.3 Å². The first-order valence-electron chi connectivity index (χ1n) is 2.22. The number of nitro groups is 1. The summed E-state index contributed by atoms with van der Waals surface area (Å²) in [6.07, 6.45) is 1.62. The summed E-state index contributed by atoms with van der Waals surface area (Å²) in [6.45, 7) is 1.71. The Bertz CT molecular complexity index is 118. The van der Waals surface area contributed by atoms with Crippen LogP contribution in [-0.2, 0) is 0 Å². The maximum atomic E-state index is 9.58. The van der Waals surface area contributed by atoms with Gasteiger partial charge in [0.1, 0.15) is 4.92 Å². The highest BCUT2D eigenvalue weighted by molar-refractivity contribution is 4.77. The summed E-state index contributed by atoms with van der Waals surface area (Å²) in [4.78, 5) is 8.75. The van der Waals surface area contributed by atoms with Crippen molar-refractivity contribution in [3.8, 4) is 0 Å². The van der Waals surface area contributed by atoms with Gasteiger partial charge in [-0.15, -0.1) is 0 Å². The molecule has 0 aromatic carbocycles. The second kappa shape index (κ2) is 3.01. The molecule has 0 rings (SSSR count). The monoisotopic (exact) mass is 117 g/mol. The lowest BCUT2D eigenvalue weighted by Gasteiger charge is -1.82. The van der Waals surface area contributed by atoms with E-state index >= 15 is 0 Å². The van der Waals surface area contributed by atoms with Crippen LogP contribution in [0.4, 0.5) is 0 Å². The molecular weight excluding hydrogens is 110 g/mol. The minimum absolute atomic E-state index is 0.479. The van der Waals surface area contributed by atoms with Crippen molar-refractivity contribution in [2.75, 3.05) is 0 Å². The van der Waals surface area contributed by atoms with Crippen molar-refractivity contribution in [3.63, 3.8) is 0 Å². The summed E-state index contributed by atoms with van der Waals surface area (Å²) < 4.78 is 0. The quantitative estimate of drug-likeness (QED) is 0.334. The van der Waals surface area contributed by atoms with E-state index in [0.29, 0.717) is 6.42 Å². The van der Waals surface area contributed by atoms with E-state index in [-0.39, 0.29) is 0 Å². The van der Waals surface area contributed by atoms with Crippen LogP contribution in [0.25, 0.3) is 0 Å². The lowest BCUT2D eigenvalue weighted by molar-refractivity contribution is -0.459. The second-order valence-corrected chi connectivity index (χ2v) is 1.23. The van der Waals surface area contributed by atoms with Crippen LogP contribution in [0.3, 0.4) is 0 Å². The van der Waals surface area contributed by atoms with Gasteiger partial charge in [0.05, 0.1) is 0 Å². The largest absolute Gasteiger partial charge is 0.456 e. The average Bonchev–Trinajstić information content (AvgIpc) is 1.67. The average molecular weight is 117 g/mol. The number of rotatable bonds is 2. The molecule has 0 unspecified atom stereocenters. The van der Waals surface area contributed by atoms with E-state index in [4.69, 9.17) is 5.11 Å². The maximum Gasteiger partial charge on any atom is 0.421 e. The number of aliphatic hydroxyl groups excluding tert-OH is 1. The highest BCUT2D eigenvalue weighted by Crippen LogP contribution is 1.89. The molecule has 0 radical (unpaired) electrons. The molecular formula is C4H7NO3. The minimum atomic E-state index is -0.830. The first-order chi connectivity index (χ1) is 3.68. The molecule has 0 saturated carbocycles. The standard InChI is InChI=1S/C4H7NO3/c1-2-3-4(6)5(7)8/h3,6H,2H2,1H3. The molecule has 0 heterocycles. The Labute approximate surface area is 46.6 Å². The van der Waals surface area contributed by atoms with Gasteiger partial charge in [0.2, 0.25) is 0 Å². The van der Waals surface area contributed by atoms with E-state index in [2.05, 4.69) is 0 Å². The van der Waals surface area contributed by atoms with E-state index in [1.807, 2.05) is 0 Å². The first kappa shape index (κ1) is 6.94. The van der Waals surface area contributed by atoms with E-state index in [9.17, 15) is 10.1 Å². The smallest absolute Gasteiger partial charge is 0.421 e. The molecule has 0 amide bonds. The van der Waals surface area contributed by atoms with E-state index < -0.39 is 10.8 Å². The SMILES string of the molecule is CCC=C(O)[N+](=O)[O-]. The van der Waals surface area contributed by atoms with Gasteiger partial charge < -0.3 is 5.11 Å². The third-order valence-electron chi connectivity index (χ3n) is 0.574. The van der Waals surface area contributed by atoms with Crippen molar-refractivity contribution in [3.05, 3.63) is 22.1 Å². The summed E-state index contributed by atoms with van der Waals surface area (Å²) in [5, 5.41) is 17.9. The third kappa shape index (κ3) is 2.17. The van der Waals surface area contributed by atoms with Crippen molar-refractivity contribution in [1.82, 2.24) is 0 Å². The molecule has 0 aromatic heterocycles. The molecule has 4 heteroatoms. The van der Waals surface area contributed by atoms with Gasteiger partial charge in [-0.25, -0.2) is 0 Å². The molecule has 0 aliphatic heterocycles. The Hall–Kier alpha value is -1.06. The summed E-state index contributed by atoms with van der Waals surface area (Å²) in [7, 11) is 0. The molecule has 0 aromatic rings. The highest BCUT2D eigenvalue weighted by atomic mass is 16.7. The zero-order valence-corrected chi connectivity index (χ0v) is 4.50. The van der Waals surface area contributed by atoms with Crippen LogP contribution in [0, 0.1) is 10.1 Å². The Morgan fingerprint density at radius 1 is 2.00 bits per heavy atom. The second-order valence-electron chi connectivity index (χ2n) is 1.23. The van der Waals surface area contributed by atoms with Crippen LogP contribution in [0.2, 0.25) is 0 Å². The van der Waals surface area contributed by atoms with Gasteiger partial charge in [0.25, 0.3) is 0 Å². The lowest BCUT2D eigenvalue weighted by Crippen LogP contribution is -1.95. The van der Waals surface area contributed by atoms with Gasteiger partial charge in [-0.05, 0) is 6.42 Å². The zero-order chi connectivity index (χ0) is 6.57. The molecule has 0 bridgehead atoms. The van der Waals surface area contributed by atoms with Crippen molar-refractivity contribution >= 4 is 0 Å². The van der Waals surface area contributed by atoms with Crippen LogP contribution in [0.5, 0.6) is 0 Å². The molecule has 0 fully saturated rings. The summed E-state index contributed by atoms with van der Waals surface area (Å²) in [5.74, 6) is -0.771. The Morgan fingerprint density at radius 2 is 2.50 bits per heavy atom. The summed E-state index contributed by atoms with van der Waals surface area (Å²) in [6, 6.07) is 0. The minimum Gasteiger partial charge on any atom is -0.456 e. The van der Waals surface area contributed by atoms with Crippen LogP contribution in [0.15, 0.2) is 12.0 Å². The topological polar surface area (TPSA) is 63.4 Å². The Balaban J connectivity index is 3.80. The zero-order valence-electron chi connectivity index (χ0n) is 4.50. The fourth-order valence-corrected chi connectivity index (χ4v) is 0.257. The maximum absolute atomic E-state index is 9.58. The van der Waals surface area contributed by atoms with Crippen molar-refractivity contribution in [2.45, 2.75) is 13.3 Å². The Kier molecular flexibility index (Phi) is 2.61.